The maximum atomic E-state index is 12.8. The van der Waals surface area contributed by atoms with Crippen molar-refractivity contribution in [2.75, 3.05) is 13.2 Å². The van der Waals surface area contributed by atoms with Crippen molar-refractivity contribution >= 4 is 17.9 Å². The summed E-state index contributed by atoms with van der Waals surface area (Å²) < 4.78 is 16.9. The Hall–Kier alpha value is -1.59. The maximum absolute atomic E-state index is 12.8. The Bertz CT molecular complexity index is 993. The first-order valence-electron chi connectivity index (χ1n) is 29.2. The first-order chi connectivity index (χ1) is 31.7. The van der Waals surface area contributed by atoms with E-state index in [0.717, 1.165) is 69.6 Å². The minimum atomic E-state index is -0.763. The number of carbonyl (C=O) groups excluding carboxylic acids is 3. The van der Waals surface area contributed by atoms with Gasteiger partial charge in [-0.2, -0.15) is 0 Å². The molecule has 0 aliphatic carbocycles. The van der Waals surface area contributed by atoms with Crippen LogP contribution in [0.25, 0.3) is 0 Å². The summed E-state index contributed by atoms with van der Waals surface area (Å²) in [5, 5.41) is 0. The van der Waals surface area contributed by atoms with E-state index in [4.69, 9.17) is 14.2 Å². The zero-order valence-corrected chi connectivity index (χ0v) is 44.6. The van der Waals surface area contributed by atoms with Crippen LogP contribution in [0.5, 0.6) is 0 Å². The Morgan fingerprint density at radius 3 is 0.754 bits per heavy atom. The predicted molar refractivity (Wildman–Crippen MR) is 280 cm³/mol. The summed E-state index contributed by atoms with van der Waals surface area (Å²) >= 11 is 0. The lowest BCUT2D eigenvalue weighted by atomic mass is 10.0. The number of carbonyl (C=O) groups is 3. The van der Waals surface area contributed by atoms with Crippen molar-refractivity contribution in [3.05, 3.63) is 0 Å². The van der Waals surface area contributed by atoms with Gasteiger partial charge in [-0.05, 0) is 31.1 Å². The van der Waals surface area contributed by atoms with E-state index in [1.165, 1.54) is 218 Å². The largest absolute Gasteiger partial charge is 0.462 e. The summed E-state index contributed by atoms with van der Waals surface area (Å²) in [5.41, 5.74) is 0. The zero-order valence-electron chi connectivity index (χ0n) is 44.6. The van der Waals surface area contributed by atoms with E-state index in [2.05, 4.69) is 34.6 Å². The lowest BCUT2D eigenvalue weighted by molar-refractivity contribution is -0.167. The van der Waals surface area contributed by atoms with Gasteiger partial charge in [-0.15, -0.1) is 0 Å². The molecule has 0 saturated carbocycles. The summed E-state index contributed by atoms with van der Waals surface area (Å²) in [6.45, 7) is 11.4. The predicted octanol–water partition coefficient (Wildman–Crippen LogP) is 19.3. The molecule has 0 bridgehead atoms. The molecule has 0 rings (SSSR count). The number of hydrogen-bond acceptors (Lipinski definition) is 6. The molecule has 0 aromatic rings. The molecule has 0 saturated heterocycles. The average molecular weight is 920 g/mol. The van der Waals surface area contributed by atoms with Crippen molar-refractivity contribution in [2.24, 2.45) is 11.8 Å². The van der Waals surface area contributed by atoms with Crippen molar-refractivity contribution in [2.45, 2.75) is 336 Å². The maximum Gasteiger partial charge on any atom is 0.306 e. The van der Waals surface area contributed by atoms with Crippen LogP contribution in [0, 0.1) is 11.8 Å². The van der Waals surface area contributed by atoms with Crippen molar-refractivity contribution in [3.8, 4) is 0 Å². The van der Waals surface area contributed by atoms with Gasteiger partial charge in [0.05, 0.1) is 0 Å². The van der Waals surface area contributed by atoms with E-state index >= 15 is 0 Å². The average Bonchev–Trinajstić information content (AvgIpc) is 3.28. The molecule has 0 radical (unpaired) electrons. The minimum absolute atomic E-state index is 0.0630. The second-order valence-corrected chi connectivity index (χ2v) is 21.2. The van der Waals surface area contributed by atoms with Crippen molar-refractivity contribution in [1.82, 2.24) is 0 Å². The highest BCUT2D eigenvalue weighted by Gasteiger charge is 2.19. The highest BCUT2D eigenvalue weighted by molar-refractivity contribution is 5.71. The van der Waals surface area contributed by atoms with E-state index < -0.39 is 6.10 Å². The van der Waals surface area contributed by atoms with Crippen molar-refractivity contribution in [1.29, 1.82) is 0 Å². The number of rotatable bonds is 53. The topological polar surface area (TPSA) is 78.9 Å². The molecular weight excluding hydrogens is 805 g/mol. The molecule has 65 heavy (non-hydrogen) atoms. The molecule has 6 heteroatoms. The van der Waals surface area contributed by atoms with Crippen LogP contribution in [-0.2, 0) is 28.6 Å². The van der Waals surface area contributed by atoms with Gasteiger partial charge < -0.3 is 14.2 Å². The fourth-order valence-corrected chi connectivity index (χ4v) is 9.05. The van der Waals surface area contributed by atoms with Crippen molar-refractivity contribution < 1.29 is 28.6 Å². The van der Waals surface area contributed by atoms with Crippen molar-refractivity contribution in [3.63, 3.8) is 0 Å². The standard InChI is InChI=1S/C59H114O6/c1-6-7-8-9-10-11-12-13-14-15-20-23-26-29-36-41-46-51-59(62)65-56(53-64-58(61)50-45-40-35-31-30-33-38-43-48-55(4)5)52-63-57(60)49-44-39-34-28-25-22-19-17-16-18-21-24-27-32-37-42-47-54(2)3/h54-56H,6-53H2,1-5H3/t56-/m0/s1. The molecule has 0 N–H and O–H groups in total. The third-order valence-corrected chi connectivity index (χ3v) is 13.5. The molecule has 386 valence electrons. The van der Waals surface area contributed by atoms with E-state index in [0.29, 0.717) is 19.3 Å². The van der Waals surface area contributed by atoms with Gasteiger partial charge in [0.25, 0.3) is 0 Å². The number of unbranched alkanes of at least 4 members (excludes halogenated alkanes) is 38. The summed E-state index contributed by atoms with van der Waals surface area (Å²) in [5.74, 6) is 0.808. The zero-order chi connectivity index (χ0) is 47.5. The molecule has 1 atom stereocenters. The monoisotopic (exact) mass is 919 g/mol. The third kappa shape index (κ3) is 53.2. The minimum Gasteiger partial charge on any atom is -0.462 e. The van der Waals surface area contributed by atoms with E-state index in [1.807, 2.05) is 0 Å². The lowest BCUT2D eigenvalue weighted by Crippen LogP contribution is -2.30. The summed E-state index contributed by atoms with van der Waals surface area (Å²) in [6, 6.07) is 0. The number of ether oxygens (including phenoxy) is 3. The SMILES string of the molecule is CCCCCCCCCCCCCCCCCCCC(=O)O[C@@H](COC(=O)CCCCCCCCCCCCCCCCCCC(C)C)COC(=O)CCCCCCCCCCC(C)C. The molecule has 0 amide bonds. The van der Waals surface area contributed by atoms with Gasteiger partial charge in [-0.1, -0.05) is 291 Å². The first kappa shape index (κ1) is 63.4. The molecule has 0 spiro atoms. The molecule has 0 aromatic carbocycles. The second-order valence-electron chi connectivity index (χ2n) is 21.2. The highest BCUT2D eigenvalue weighted by Crippen LogP contribution is 2.18. The Kier molecular flexibility index (Phi) is 50.5. The normalized spacial score (nSPS) is 12.0. The Morgan fingerprint density at radius 2 is 0.508 bits per heavy atom. The molecule has 0 aliphatic rings. The molecule has 0 unspecified atom stereocenters. The van der Waals surface area contributed by atoms with Gasteiger partial charge in [-0.25, -0.2) is 0 Å². The second kappa shape index (κ2) is 51.8. The summed E-state index contributed by atoms with van der Waals surface area (Å²) in [6.07, 6.45) is 55.3. The molecule has 6 nitrogen and oxygen atoms in total. The Balaban J connectivity index is 4.25. The smallest absolute Gasteiger partial charge is 0.306 e. The van der Waals surface area contributed by atoms with Crippen LogP contribution in [0.3, 0.4) is 0 Å². The van der Waals surface area contributed by atoms with Gasteiger partial charge in [0, 0.05) is 19.3 Å². The van der Waals surface area contributed by atoms with E-state index in [-0.39, 0.29) is 31.1 Å². The Morgan fingerprint density at radius 1 is 0.292 bits per heavy atom. The molecule has 0 aromatic heterocycles. The van der Waals surface area contributed by atoms with Crippen LogP contribution in [0.2, 0.25) is 0 Å². The van der Waals surface area contributed by atoms with Crippen LogP contribution >= 0.6 is 0 Å². The lowest BCUT2D eigenvalue weighted by Gasteiger charge is -2.18. The van der Waals surface area contributed by atoms with Crippen LogP contribution < -0.4 is 0 Å². The number of esters is 3. The van der Waals surface area contributed by atoms with Gasteiger partial charge in [-0.3, -0.25) is 14.4 Å². The van der Waals surface area contributed by atoms with Crippen LogP contribution in [0.15, 0.2) is 0 Å². The molecule has 0 heterocycles. The van der Waals surface area contributed by atoms with Gasteiger partial charge in [0.2, 0.25) is 0 Å². The van der Waals surface area contributed by atoms with E-state index in [9.17, 15) is 14.4 Å². The fraction of sp³-hybridized carbons (Fsp3) is 0.949. The quantitative estimate of drug-likeness (QED) is 0.0344. The molecule has 0 aliphatic heterocycles. The third-order valence-electron chi connectivity index (χ3n) is 13.5. The number of hydrogen-bond donors (Lipinski definition) is 0. The van der Waals surface area contributed by atoms with Gasteiger partial charge >= 0.3 is 17.9 Å². The van der Waals surface area contributed by atoms with Gasteiger partial charge in [0.15, 0.2) is 6.10 Å². The summed E-state index contributed by atoms with van der Waals surface area (Å²) in [4.78, 5) is 38.1. The highest BCUT2D eigenvalue weighted by atomic mass is 16.6. The summed E-state index contributed by atoms with van der Waals surface area (Å²) in [7, 11) is 0. The van der Waals surface area contributed by atoms with Crippen LogP contribution in [0.1, 0.15) is 330 Å². The molecular formula is C59H114O6. The Labute approximate surface area is 406 Å². The van der Waals surface area contributed by atoms with Crippen LogP contribution in [-0.4, -0.2) is 37.2 Å². The van der Waals surface area contributed by atoms with Crippen LogP contribution in [0.4, 0.5) is 0 Å². The van der Waals surface area contributed by atoms with E-state index in [1.54, 1.807) is 0 Å². The first-order valence-corrected chi connectivity index (χ1v) is 29.2. The molecule has 0 fully saturated rings. The fourth-order valence-electron chi connectivity index (χ4n) is 9.05. The van der Waals surface area contributed by atoms with Gasteiger partial charge in [0.1, 0.15) is 13.2 Å².